The third-order valence-electron chi connectivity index (χ3n) is 5.44. The summed E-state index contributed by atoms with van der Waals surface area (Å²) in [7, 11) is 0. The summed E-state index contributed by atoms with van der Waals surface area (Å²) in [5.74, 6) is -0.690. The topological polar surface area (TPSA) is 83.1 Å². The second-order valence-corrected chi connectivity index (χ2v) is 9.90. The number of piperazine rings is 1. The highest BCUT2D eigenvalue weighted by Gasteiger charge is 2.31. The molecule has 0 aliphatic carbocycles. The van der Waals surface area contributed by atoms with Crippen molar-refractivity contribution < 1.29 is 19.3 Å². The zero-order chi connectivity index (χ0) is 22.0. The van der Waals surface area contributed by atoms with Crippen molar-refractivity contribution in [2.24, 2.45) is 0 Å². The van der Waals surface area contributed by atoms with Crippen LogP contribution in [0.1, 0.15) is 79.1 Å². The van der Waals surface area contributed by atoms with Crippen LogP contribution in [-0.2, 0) is 19.3 Å². The summed E-state index contributed by atoms with van der Waals surface area (Å²) in [5.41, 5.74) is 0.503. The molecule has 0 aromatic carbocycles. The molecule has 174 valence electrons. The minimum absolute atomic E-state index is 0.0865. The van der Waals surface area contributed by atoms with Gasteiger partial charge in [-0.25, -0.2) is 0 Å². The number of rotatable bonds is 5. The number of carbonyl (C=O) groups is 2. The Labute approximate surface area is 181 Å². The van der Waals surface area contributed by atoms with Crippen molar-refractivity contribution in [1.82, 2.24) is 20.8 Å². The van der Waals surface area contributed by atoms with Crippen LogP contribution >= 0.6 is 0 Å². The smallest absolute Gasteiger partial charge is 0.325 e. The Morgan fingerprint density at radius 2 is 1.07 bits per heavy atom. The minimum Gasteiger partial charge on any atom is -0.368 e. The van der Waals surface area contributed by atoms with E-state index in [1.165, 1.54) is 12.8 Å². The van der Waals surface area contributed by atoms with E-state index in [2.05, 4.69) is 38.3 Å². The Bertz CT molecular complexity index is 495. The van der Waals surface area contributed by atoms with Gasteiger partial charge in [0.1, 0.15) is 0 Å². The van der Waals surface area contributed by atoms with Crippen LogP contribution in [0.2, 0.25) is 0 Å². The molecule has 3 aliphatic heterocycles. The van der Waals surface area contributed by atoms with Gasteiger partial charge in [-0.1, -0.05) is 12.8 Å². The molecule has 3 saturated heterocycles. The molecular weight excluding hydrogens is 384 g/mol. The molecule has 3 rings (SSSR count). The van der Waals surface area contributed by atoms with Crippen molar-refractivity contribution >= 4 is 11.9 Å². The first-order chi connectivity index (χ1) is 14.2. The normalized spacial score (nSPS) is 24.3. The van der Waals surface area contributed by atoms with Crippen molar-refractivity contribution in [2.75, 3.05) is 39.3 Å². The van der Waals surface area contributed by atoms with Gasteiger partial charge in [0.2, 0.25) is 0 Å². The Morgan fingerprint density at radius 3 is 1.37 bits per heavy atom. The van der Waals surface area contributed by atoms with Crippen molar-refractivity contribution in [1.29, 1.82) is 0 Å². The van der Waals surface area contributed by atoms with Crippen LogP contribution in [0.5, 0.6) is 0 Å². The monoisotopic (exact) mass is 426 g/mol. The molecule has 0 bridgehead atoms. The van der Waals surface area contributed by atoms with Crippen LogP contribution in [0, 0.1) is 0 Å². The van der Waals surface area contributed by atoms with Crippen LogP contribution in [0.3, 0.4) is 0 Å². The SMILES string of the molecule is CC1(C)CNCC(C)(C)N1.O=C(CCC(=O)ON1CCCCC1)ON1CCCCC1. The maximum absolute atomic E-state index is 11.6. The number of piperidine rings is 2. The number of hydroxylamine groups is 4. The lowest BCUT2D eigenvalue weighted by atomic mass is 9.93. The predicted molar refractivity (Wildman–Crippen MR) is 116 cm³/mol. The molecule has 3 aliphatic rings. The molecule has 0 aromatic heterocycles. The van der Waals surface area contributed by atoms with Gasteiger partial charge >= 0.3 is 11.9 Å². The van der Waals surface area contributed by atoms with Crippen molar-refractivity contribution in [3.8, 4) is 0 Å². The summed E-state index contributed by atoms with van der Waals surface area (Å²) in [5, 5.41) is 10.4. The van der Waals surface area contributed by atoms with Crippen LogP contribution in [0.25, 0.3) is 0 Å². The van der Waals surface area contributed by atoms with Crippen LogP contribution < -0.4 is 10.6 Å². The molecule has 0 radical (unpaired) electrons. The maximum atomic E-state index is 11.6. The van der Waals surface area contributed by atoms with E-state index in [1.54, 1.807) is 10.1 Å². The van der Waals surface area contributed by atoms with Crippen molar-refractivity contribution in [2.45, 2.75) is 90.1 Å². The second-order valence-electron chi connectivity index (χ2n) is 9.90. The number of nitrogens with one attached hydrogen (secondary N) is 2. The lowest BCUT2D eigenvalue weighted by molar-refractivity contribution is -0.201. The predicted octanol–water partition coefficient (Wildman–Crippen LogP) is 2.39. The molecule has 0 atom stereocenters. The van der Waals surface area contributed by atoms with E-state index < -0.39 is 0 Å². The van der Waals surface area contributed by atoms with Crippen LogP contribution in [0.4, 0.5) is 0 Å². The van der Waals surface area contributed by atoms with Gasteiger partial charge in [0.15, 0.2) is 0 Å². The second kappa shape index (κ2) is 12.0. The Hall–Kier alpha value is -1.22. The fourth-order valence-corrected chi connectivity index (χ4v) is 4.19. The first-order valence-electron chi connectivity index (χ1n) is 11.6. The molecule has 3 heterocycles. The van der Waals surface area contributed by atoms with Gasteiger partial charge in [0.05, 0.1) is 12.8 Å². The van der Waals surface area contributed by atoms with E-state index in [0.29, 0.717) is 0 Å². The molecule has 8 nitrogen and oxygen atoms in total. The minimum atomic E-state index is -0.345. The number of carbonyl (C=O) groups excluding carboxylic acids is 2. The summed E-state index contributed by atoms with van der Waals surface area (Å²) < 4.78 is 0. The van der Waals surface area contributed by atoms with Gasteiger partial charge in [-0.15, -0.1) is 10.1 Å². The standard InChI is InChI=1S/C14H24N2O4.C8H18N2/c17-13(19-15-9-3-1-4-10-15)7-8-14(18)20-16-11-5-2-6-12-16;1-7(2)5-9-6-8(3,4)10-7/h1-12H2;9-10H,5-6H2,1-4H3. The molecule has 0 spiro atoms. The lowest BCUT2D eigenvalue weighted by Crippen LogP contribution is -2.65. The van der Waals surface area contributed by atoms with E-state index in [4.69, 9.17) is 9.68 Å². The molecule has 2 N–H and O–H groups in total. The first kappa shape index (κ1) is 25.0. The molecule has 30 heavy (non-hydrogen) atoms. The summed E-state index contributed by atoms with van der Waals surface area (Å²) >= 11 is 0. The van der Waals surface area contributed by atoms with E-state index in [-0.39, 0.29) is 35.9 Å². The molecular formula is C22H42N4O4. The Morgan fingerprint density at radius 1 is 0.700 bits per heavy atom. The number of hydrogen-bond donors (Lipinski definition) is 2. The third kappa shape index (κ3) is 10.2. The zero-order valence-corrected chi connectivity index (χ0v) is 19.4. The van der Waals surface area contributed by atoms with Crippen molar-refractivity contribution in [3.63, 3.8) is 0 Å². The van der Waals surface area contributed by atoms with Gasteiger partial charge in [-0.05, 0) is 53.4 Å². The zero-order valence-electron chi connectivity index (χ0n) is 19.4. The molecule has 8 heteroatoms. The van der Waals surface area contributed by atoms with Gasteiger partial charge in [0, 0.05) is 50.3 Å². The highest BCUT2D eigenvalue weighted by Crippen LogP contribution is 2.14. The number of nitrogens with zero attached hydrogens (tertiary/aromatic N) is 2. The van der Waals surface area contributed by atoms with E-state index in [0.717, 1.165) is 65.0 Å². The summed E-state index contributed by atoms with van der Waals surface area (Å²) in [4.78, 5) is 33.7. The summed E-state index contributed by atoms with van der Waals surface area (Å²) in [6.45, 7) is 14.2. The van der Waals surface area contributed by atoms with E-state index in [9.17, 15) is 9.59 Å². The molecule has 0 amide bonds. The van der Waals surface area contributed by atoms with Crippen LogP contribution in [0.15, 0.2) is 0 Å². The van der Waals surface area contributed by atoms with Crippen molar-refractivity contribution in [3.05, 3.63) is 0 Å². The third-order valence-corrected chi connectivity index (χ3v) is 5.44. The Balaban J connectivity index is 0.000000269. The lowest BCUT2D eigenvalue weighted by Gasteiger charge is -2.42. The molecule has 0 saturated carbocycles. The average Bonchev–Trinajstić information content (AvgIpc) is 2.67. The van der Waals surface area contributed by atoms with Gasteiger partial charge in [0.25, 0.3) is 0 Å². The molecule has 0 unspecified atom stereocenters. The van der Waals surface area contributed by atoms with Crippen LogP contribution in [-0.4, -0.2) is 72.4 Å². The van der Waals surface area contributed by atoms with Gasteiger partial charge < -0.3 is 20.3 Å². The summed E-state index contributed by atoms with van der Waals surface area (Å²) in [6, 6.07) is 0. The highest BCUT2D eigenvalue weighted by molar-refractivity contribution is 5.77. The van der Waals surface area contributed by atoms with E-state index in [1.807, 2.05) is 0 Å². The highest BCUT2D eigenvalue weighted by atomic mass is 16.7. The van der Waals surface area contributed by atoms with Gasteiger partial charge in [-0.3, -0.25) is 9.59 Å². The Kier molecular flexibility index (Phi) is 10.0. The maximum Gasteiger partial charge on any atom is 0.325 e. The average molecular weight is 427 g/mol. The molecule has 3 fully saturated rings. The first-order valence-corrected chi connectivity index (χ1v) is 11.6. The van der Waals surface area contributed by atoms with E-state index >= 15 is 0 Å². The number of hydrogen-bond acceptors (Lipinski definition) is 8. The largest absolute Gasteiger partial charge is 0.368 e. The summed E-state index contributed by atoms with van der Waals surface area (Å²) in [6.07, 6.45) is 6.79. The fourth-order valence-electron chi connectivity index (χ4n) is 4.19. The van der Waals surface area contributed by atoms with Gasteiger partial charge in [-0.2, -0.15) is 0 Å². The fraction of sp³-hybridized carbons (Fsp3) is 0.909. The molecule has 0 aromatic rings. The quantitative estimate of drug-likeness (QED) is 0.693.